The van der Waals surface area contributed by atoms with E-state index in [-0.39, 0.29) is 18.7 Å². The lowest BCUT2D eigenvalue weighted by atomic mass is 10.1. The first-order chi connectivity index (χ1) is 8.40. The molecule has 1 N–H and O–H groups in total. The molecular weight excluding hydrogens is 247 g/mol. The summed E-state index contributed by atoms with van der Waals surface area (Å²) in [6.45, 7) is -1.45. The highest BCUT2D eigenvalue weighted by molar-refractivity contribution is 5.82. The van der Waals surface area contributed by atoms with Crippen molar-refractivity contribution >= 4 is 5.78 Å². The molecule has 0 aliphatic carbocycles. The smallest absolute Gasteiger partial charge is 0.401 e. The quantitative estimate of drug-likeness (QED) is 0.850. The van der Waals surface area contributed by atoms with Crippen LogP contribution in [0.2, 0.25) is 0 Å². The van der Waals surface area contributed by atoms with Crippen LogP contribution in [0, 0.1) is 0 Å². The summed E-state index contributed by atoms with van der Waals surface area (Å²) >= 11 is 0. The van der Waals surface area contributed by atoms with Gasteiger partial charge in [-0.15, -0.1) is 0 Å². The Kier molecular flexibility index (Phi) is 5.15. The second-order valence-corrected chi connectivity index (χ2v) is 3.79. The molecule has 0 fully saturated rings. The Balaban J connectivity index is 2.40. The Hall–Kier alpha value is -1.56. The van der Waals surface area contributed by atoms with Gasteiger partial charge in [0.1, 0.15) is 5.75 Å². The van der Waals surface area contributed by atoms with Gasteiger partial charge in [0.15, 0.2) is 5.78 Å². The van der Waals surface area contributed by atoms with Crippen LogP contribution in [0.5, 0.6) is 5.75 Å². The lowest BCUT2D eigenvalue weighted by molar-refractivity contribution is -0.127. The molecule has 1 aromatic rings. The zero-order valence-electron chi connectivity index (χ0n) is 9.88. The van der Waals surface area contributed by atoms with Crippen LogP contribution in [0.4, 0.5) is 13.2 Å². The number of methoxy groups -OCH3 is 1. The fraction of sp³-hybridized carbons (Fsp3) is 0.417. The molecule has 0 saturated carbocycles. The number of hydrogen-bond acceptors (Lipinski definition) is 3. The van der Waals surface area contributed by atoms with E-state index in [0.29, 0.717) is 11.3 Å². The molecule has 0 aliphatic rings. The molecule has 0 aliphatic heterocycles. The van der Waals surface area contributed by atoms with Gasteiger partial charge in [0.25, 0.3) is 0 Å². The van der Waals surface area contributed by atoms with Crippen LogP contribution in [-0.2, 0) is 11.2 Å². The lowest BCUT2D eigenvalue weighted by Crippen LogP contribution is -2.33. The predicted molar refractivity (Wildman–Crippen MR) is 60.6 cm³/mol. The van der Waals surface area contributed by atoms with Gasteiger partial charge >= 0.3 is 6.18 Å². The van der Waals surface area contributed by atoms with E-state index < -0.39 is 12.7 Å². The summed E-state index contributed by atoms with van der Waals surface area (Å²) in [6.07, 6.45) is -4.21. The molecule has 0 radical (unpaired) electrons. The normalized spacial score (nSPS) is 11.3. The number of rotatable bonds is 6. The number of hydrogen-bond donors (Lipinski definition) is 1. The maximum Gasteiger partial charge on any atom is 0.401 e. The number of ether oxygens (including phenoxy) is 1. The maximum atomic E-state index is 11.8. The second kappa shape index (κ2) is 6.39. The van der Waals surface area contributed by atoms with E-state index in [4.69, 9.17) is 4.74 Å². The maximum absolute atomic E-state index is 11.8. The fourth-order valence-corrected chi connectivity index (χ4v) is 1.42. The van der Waals surface area contributed by atoms with Crippen molar-refractivity contribution < 1.29 is 22.7 Å². The van der Waals surface area contributed by atoms with Gasteiger partial charge in [0.05, 0.1) is 20.2 Å². The highest BCUT2D eigenvalue weighted by Crippen LogP contribution is 2.13. The number of Topliss-reactive ketones (excluding diaryl/α,β-unsaturated/α-hetero) is 1. The Bertz CT molecular complexity index is 405. The Morgan fingerprint density at radius 1 is 1.39 bits per heavy atom. The number of halogens is 3. The first-order valence-corrected chi connectivity index (χ1v) is 5.33. The lowest BCUT2D eigenvalue weighted by Gasteiger charge is -2.08. The van der Waals surface area contributed by atoms with Gasteiger partial charge in [0.2, 0.25) is 0 Å². The third-order valence-electron chi connectivity index (χ3n) is 2.18. The highest BCUT2D eigenvalue weighted by atomic mass is 19.4. The van der Waals surface area contributed by atoms with Crippen LogP contribution in [0.1, 0.15) is 5.56 Å². The van der Waals surface area contributed by atoms with Crippen molar-refractivity contribution in [1.29, 1.82) is 0 Å². The van der Waals surface area contributed by atoms with Crippen LogP contribution in [0.3, 0.4) is 0 Å². The molecule has 0 heterocycles. The largest absolute Gasteiger partial charge is 0.497 e. The van der Waals surface area contributed by atoms with Crippen molar-refractivity contribution in [2.24, 2.45) is 0 Å². The summed E-state index contributed by atoms with van der Waals surface area (Å²) < 4.78 is 40.5. The van der Waals surface area contributed by atoms with E-state index in [2.05, 4.69) is 5.32 Å². The topological polar surface area (TPSA) is 38.3 Å². The molecule has 0 saturated heterocycles. The second-order valence-electron chi connectivity index (χ2n) is 3.79. The minimum absolute atomic E-state index is 0.0854. The third kappa shape index (κ3) is 5.67. The zero-order chi connectivity index (χ0) is 13.6. The molecule has 0 unspecified atom stereocenters. The summed E-state index contributed by atoms with van der Waals surface area (Å²) in [5.74, 6) is 0.316. The van der Waals surface area contributed by atoms with E-state index in [1.165, 1.54) is 7.11 Å². The SMILES string of the molecule is COc1cccc(CC(=O)CNCC(F)(F)F)c1. The van der Waals surface area contributed by atoms with Crippen LogP contribution >= 0.6 is 0 Å². The first kappa shape index (κ1) is 14.5. The molecule has 6 heteroatoms. The van der Waals surface area contributed by atoms with E-state index in [0.717, 1.165) is 0 Å². The number of ketones is 1. The monoisotopic (exact) mass is 261 g/mol. The fourth-order valence-electron chi connectivity index (χ4n) is 1.42. The molecular formula is C12H14F3NO2. The van der Waals surface area contributed by atoms with Crippen LogP contribution < -0.4 is 10.1 Å². The third-order valence-corrected chi connectivity index (χ3v) is 2.18. The first-order valence-electron chi connectivity index (χ1n) is 5.33. The number of carbonyl (C=O) groups excluding carboxylic acids is 1. The number of carbonyl (C=O) groups is 1. The molecule has 0 spiro atoms. The average Bonchev–Trinajstić information content (AvgIpc) is 2.27. The van der Waals surface area contributed by atoms with E-state index >= 15 is 0 Å². The minimum Gasteiger partial charge on any atom is -0.497 e. The van der Waals surface area contributed by atoms with Crippen molar-refractivity contribution in [3.05, 3.63) is 29.8 Å². The number of alkyl halides is 3. The van der Waals surface area contributed by atoms with Gasteiger partial charge < -0.3 is 10.1 Å². The number of benzene rings is 1. The molecule has 1 rings (SSSR count). The molecule has 0 aromatic heterocycles. The van der Waals surface area contributed by atoms with Crippen molar-refractivity contribution in [3.8, 4) is 5.75 Å². The Morgan fingerprint density at radius 2 is 2.11 bits per heavy atom. The van der Waals surface area contributed by atoms with Crippen LogP contribution in [-0.4, -0.2) is 32.2 Å². The molecule has 0 bridgehead atoms. The molecule has 3 nitrogen and oxygen atoms in total. The Morgan fingerprint density at radius 3 is 2.72 bits per heavy atom. The highest BCUT2D eigenvalue weighted by Gasteiger charge is 2.26. The summed E-state index contributed by atoms with van der Waals surface area (Å²) in [5, 5.41) is 2.07. The predicted octanol–water partition coefficient (Wildman–Crippen LogP) is 1.96. The van der Waals surface area contributed by atoms with Crippen molar-refractivity contribution in [2.45, 2.75) is 12.6 Å². The van der Waals surface area contributed by atoms with Gasteiger partial charge in [-0.2, -0.15) is 13.2 Å². The Labute approximate surface area is 103 Å². The van der Waals surface area contributed by atoms with Gasteiger partial charge in [-0.1, -0.05) is 12.1 Å². The van der Waals surface area contributed by atoms with Crippen molar-refractivity contribution in [3.63, 3.8) is 0 Å². The van der Waals surface area contributed by atoms with Crippen molar-refractivity contribution in [2.75, 3.05) is 20.2 Å². The van der Waals surface area contributed by atoms with E-state index in [1.54, 1.807) is 24.3 Å². The van der Waals surface area contributed by atoms with E-state index in [1.807, 2.05) is 0 Å². The van der Waals surface area contributed by atoms with E-state index in [9.17, 15) is 18.0 Å². The molecule has 100 valence electrons. The molecule has 0 atom stereocenters. The summed E-state index contributed by atoms with van der Waals surface area (Å²) in [7, 11) is 1.51. The van der Waals surface area contributed by atoms with Gasteiger partial charge in [0, 0.05) is 6.42 Å². The average molecular weight is 261 g/mol. The van der Waals surface area contributed by atoms with Crippen molar-refractivity contribution in [1.82, 2.24) is 5.32 Å². The molecule has 0 amide bonds. The minimum atomic E-state index is -4.30. The van der Waals surface area contributed by atoms with Crippen LogP contribution in [0.15, 0.2) is 24.3 Å². The zero-order valence-corrected chi connectivity index (χ0v) is 9.88. The molecule has 18 heavy (non-hydrogen) atoms. The van der Waals surface area contributed by atoms with Gasteiger partial charge in [-0.3, -0.25) is 4.79 Å². The standard InChI is InChI=1S/C12H14F3NO2/c1-18-11-4-2-3-9(6-11)5-10(17)7-16-8-12(13,14)15/h2-4,6,16H,5,7-8H2,1H3. The summed E-state index contributed by atoms with van der Waals surface area (Å²) in [5.41, 5.74) is 0.716. The van der Waals surface area contributed by atoms with Gasteiger partial charge in [-0.05, 0) is 17.7 Å². The van der Waals surface area contributed by atoms with Gasteiger partial charge in [-0.25, -0.2) is 0 Å². The number of nitrogens with one attached hydrogen (secondary N) is 1. The van der Waals surface area contributed by atoms with Crippen LogP contribution in [0.25, 0.3) is 0 Å². The summed E-state index contributed by atoms with van der Waals surface area (Å²) in [4.78, 5) is 11.4. The molecule has 1 aromatic carbocycles. The summed E-state index contributed by atoms with van der Waals surface area (Å²) in [6, 6.07) is 6.87.